The molecule has 4 aromatic carbocycles. The first kappa shape index (κ1) is 34.5. The highest BCUT2D eigenvalue weighted by Crippen LogP contribution is 2.33. The van der Waals surface area contributed by atoms with Crippen molar-refractivity contribution in [2.24, 2.45) is 5.92 Å². The minimum absolute atomic E-state index is 0.0413. The molecule has 9 rings (SSSR count). The number of amides is 1. The van der Waals surface area contributed by atoms with Gasteiger partial charge >= 0.3 is 6.09 Å². The molecule has 2 aromatic heterocycles. The molecule has 6 aromatic rings. The van der Waals surface area contributed by atoms with E-state index in [1.165, 1.54) is 12.1 Å². The lowest BCUT2D eigenvalue weighted by Crippen LogP contribution is -2.52. The van der Waals surface area contributed by atoms with Gasteiger partial charge in [0, 0.05) is 43.2 Å². The van der Waals surface area contributed by atoms with Gasteiger partial charge in [0.25, 0.3) is 0 Å². The molecule has 12 heteroatoms. The van der Waals surface area contributed by atoms with Crippen molar-refractivity contribution in [2.45, 2.75) is 51.0 Å². The molecule has 2 atom stereocenters. The number of nitrogens with zero attached hydrogens (tertiary/aromatic N) is 4. The van der Waals surface area contributed by atoms with Gasteiger partial charge in [-0.1, -0.05) is 59.8 Å². The average Bonchev–Trinajstić information content (AvgIpc) is 3.58. The van der Waals surface area contributed by atoms with E-state index in [-0.39, 0.29) is 24.0 Å². The zero-order valence-corrected chi connectivity index (χ0v) is 29.4. The molecule has 3 fully saturated rings. The second kappa shape index (κ2) is 15.2. The van der Waals surface area contributed by atoms with E-state index in [4.69, 9.17) is 4.74 Å². The van der Waals surface area contributed by atoms with E-state index in [2.05, 4.69) is 49.0 Å². The molecule has 0 saturated carbocycles. The third-order valence-electron chi connectivity index (χ3n) is 10.6. The highest BCUT2D eigenvalue weighted by Gasteiger charge is 2.36. The third-order valence-corrected chi connectivity index (χ3v) is 10.6. The highest BCUT2D eigenvalue weighted by molar-refractivity contribution is 5.92. The molecule has 53 heavy (non-hydrogen) atoms. The highest BCUT2D eigenvalue weighted by atomic mass is 16.6. The maximum Gasteiger partial charge on any atom is 0.411 e. The first-order valence-electron chi connectivity index (χ1n) is 18.3. The number of aryl methyl sites for hydroxylation is 2. The van der Waals surface area contributed by atoms with Gasteiger partial charge in [-0.2, -0.15) is 0 Å². The summed E-state index contributed by atoms with van der Waals surface area (Å²) in [5.74, 6) is 0.399. The molecule has 3 aliphatic heterocycles. The van der Waals surface area contributed by atoms with Crippen molar-refractivity contribution in [3.63, 3.8) is 0 Å². The van der Waals surface area contributed by atoms with Crippen molar-refractivity contribution in [1.82, 2.24) is 30.2 Å². The van der Waals surface area contributed by atoms with E-state index in [1.807, 2.05) is 53.2 Å². The summed E-state index contributed by atoms with van der Waals surface area (Å²) in [5.41, 5.74) is 7.17. The van der Waals surface area contributed by atoms with Crippen LogP contribution < -0.4 is 16.2 Å². The predicted molar refractivity (Wildman–Crippen MR) is 204 cm³/mol. The third kappa shape index (κ3) is 7.66. The number of hydrogen-bond donors (Lipinski definition) is 5. The summed E-state index contributed by atoms with van der Waals surface area (Å²) in [7, 11) is 0. The number of anilines is 1. The summed E-state index contributed by atoms with van der Waals surface area (Å²) in [5, 5.41) is 36.9. The fourth-order valence-corrected chi connectivity index (χ4v) is 7.78. The number of phenols is 1. The van der Waals surface area contributed by atoms with Crippen molar-refractivity contribution < 1.29 is 19.7 Å². The Bertz CT molecular complexity index is 2300. The molecular formula is C41H43N7O5. The number of fused-ring (bicyclic) bond motifs is 5. The van der Waals surface area contributed by atoms with Crippen LogP contribution in [0.15, 0.2) is 95.8 Å². The van der Waals surface area contributed by atoms with Gasteiger partial charge in [-0.15, -0.1) is 5.10 Å². The monoisotopic (exact) mass is 713 g/mol. The lowest BCUT2D eigenvalue weighted by atomic mass is 9.86. The number of carbonyl (C=O) groups excluding carboxylic acids is 1. The summed E-state index contributed by atoms with van der Waals surface area (Å²) in [6, 6.07) is 28.5. The van der Waals surface area contributed by atoms with E-state index in [0.717, 1.165) is 84.3 Å². The summed E-state index contributed by atoms with van der Waals surface area (Å²) < 4.78 is 7.88. The van der Waals surface area contributed by atoms with Crippen molar-refractivity contribution in [2.75, 3.05) is 31.5 Å². The van der Waals surface area contributed by atoms with Crippen LogP contribution in [0.2, 0.25) is 0 Å². The number of H-pyrrole nitrogens is 1. The van der Waals surface area contributed by atoms with Crippen LogP contribution in [0.5, 0.6) is 5.75 Å². The summed E-state index contributed by atoms with van der Waals surface area (Å²) in [4.78, 5) is 29.9. The fraction of sp³-hybridized carbons (Fsp3) is 0.317. The number of nitrogens with one attached hydrogen (secondary N) is 3. The zero-order valence-electron chi connectivity index (χ0n) is 29.4. The van der Waals surface area contributed by atoms with Crippen LogP contribution in [-0.2, 0) is 24.2 Å². The van der Waals surface area contributed by atoms with E-state index in [0.29, 0.717) is 35.5 Å². The number of piperidine rings is 3. The molecule has 0 aliphatic carbocycles. The number of carbonyl (C=O) groups is 1. The smallest absolute Gasteiger partial charge is 0.411 e. The molecule has 0 spiro atoms. The predicted octanol–water partition coefficient (Wildman–Crippen LogP) is 5.74. The molecule has 272 valence electrons. The summed E-state index contributed by atoms with van der Waals surface area (Å²) in [6.45, 7) is 4.46. The first-order valence-corrected chi connectivity index (χ1v) is 18.3. The molecule has 1 amide bonds. The van der Waals surface area contributed by atoms with Gasteiger partial charge in [-0.3, -0.25) is 15.0 Å². The van der Waals surface area contributed by atoms with E-state index >= 15 is 0 Å². The Labute approximate surface area is 306 Å². The first-order chi connectivity index (χ1) is 25.9. The molecule has 0 radical (unpaired) electrons. The topological polar surface area (TPSA) is 158 Å². The summed E-state index contributed by atoms with van der Waals surface area (Å²) in [6.07, 6.45) is 2.47. The Morgan fingerprint density at radius 3 is 2.62 bits per heavy atom. The number of pyridine rings is 1. The number of aliphatic hydroxyl groups excluding tert-OH is 1. The lowest BCUT2D eigenvalue weighted by Gasteiger charge is -2.43. The van der Waals surface area contributed by atoms with Gasteiger partial charge in [0.05, 0.1) is 22.8 Å². The number of benzene rings is 4. The molecule has 12 nitrogen and oxygen atoms in total. The Morgan fingerprint density at radius 2 is 1.81 bits per heavy atom. The fourth-order valence-electron chi connectivity index (χ4n) is 7.78. The number of aromatic nitrogens is 4. The average molecular weight is 714 g/mol. The largest absolute Gasteiger partial charge is 0.506 e. The number of rotatable bonds is 12. The van der Waals surface area contributed by atoms with Crippen molar-refractivity contribution >= 4 is 33.7 Å². The van der Waals surface area contributed by atoms with Crippen LogP contribution in [0.1, 0.15) is 42.1 Å². The maximum absolute atomic E-state index is 13.2. The number of aromatic amines is 1. The van der Waals surface area contributed by atoms with Gasteiger partial charge in [0.1, 0.15) is 17.4 Å². The van der Waals surface area contributed by atoms with E-state index in [9.17, 15) is 19.8 Å². The molecule has 3 aliphatic rings. The van der Waals surface area contributed by atoms with E-state index < -0.39 is 12.2 Å². The minimum atomic E-state index is -0.848. The molecule has 0 unspecified atom stereocenters. The summed E-state index contributed by atoms with van der Waals surface area (Å²) >= 11 is 0. The number of hydrogen-bond acceptors (Lipinski definition) is 9. The Balaban J connectivity index is 0.881. The van der Waals surface area contributed by atoms with Crippen LogP contribution in [-0.4, -0.2) is 73.5 Å². The maximum atomic E-state index is 13.2. The van der Waals surface area contributed by atoms with Gasteiger partial charge in [0.2, 0.25) is 5.56 Å². The van der Waals surface area contributed by atoms with Crippen LogP contribution in [0, 0.1) is 5.92 Å². The number of aromatic hydroxyl groups is 1. The number of phenolic OH excluding ortho intramolecular Hbond substituents is 1. The van der Waals surface area contributed by atoms with Gasteiger partial charge in [-0.05, 0) is 97.3 Å². The van der Waals surface area contributed by atoms with Crippen molar-refractivity contribution in [3.8, 4) is 16.9 Å². The van der Waals surface area contributed by atoms with Crippen LogP contribution >= 0.6 is 0 Å². The number of ether oxygens (including phenoxy) is 1. The molecular weight excluding hydrogens is 670 g/mol. The van der Waals surface area contributed by atoms with Crippen molar-refractivity contribution in [3.05, 3.63) is 118 Å². The van der Waals surface area contributed by atoms with Gasteiger partial charge in [-0.25, -0.2) is 9.48 Å². The SMILES string of the molecule is O=C(Nc1cc(CCCn2nnc3cc(CNC[C@H](O)c4ccc(O)c5[nH]c(=O)ccc45)ccc32)ccc1-c1ccccc1)O[C@H]1CN2CCC1CC2. The van der Waals surface area contributed by atoms with Gasteiger partial charge < -0.3 is 25.3 Å². The standard InChI is InChI=1S/C41H43N7O5/c49-36-14-11-31(32-12-15-39(51)44-40(32)36)37(50)24-42-23-27-9-13-35-34(22-27)45-46-48(35)18-4-5-26-8-10-30(28-6-2-1-3-7-28)33(21-26)43-41(52)53-38-25-47-19-16-29(38)17-20-47/h1-3,6-15,21-22,29,37-38,42,49-50H,4-5,16-20,23-25H2,(H,43,52)(H,44,51)/t37-,38-/m0/s1. The van der Waals surface area contributed by atoms with Crippen LogP contribution in [0.3, 0.4) is 0 Å². The van der Waals surface area contributed by atoms with Crippen LogP contribution in [0.25, 0.3) is 33.1 Å². The molecule has 2 bridgehead atoms. The zero-order chi connectivity index (χ0) is 36.3. The molecule has 5 N–H and O–H groups in total. The van der Waals surface area contributed by atoms with E-state index in [1.54, 1.807) is 12.1 Å². The molecule has 5 heterocycles. The van der Waals surface area contributed by atoms with Crippen molar-refractivity contribution in [1.29, 1.82) is 0 Å². The van der Waals surface area contributed by atoms with Crippen LogP contribution in [0.4, 0.5) is 10.5 Å². The Kier molecular flexibility index (Phi) is 9.90. The quantitative estimate of drug-likeness (QED) is 0.107. The second-order valence-corrected chi connectivity index (χ2v) is 14.1. The lowest BCUT2D eigenvalue weighted by molar-refractivity contribution is -0.0289. The Hall–Kier alpha value is -5.56. The Morgan fingerprint density at radius 1 is 0.981 bits per heavy atom. The van der Waals surface area contributed by atoms with Gasteiger partial charge in [0.15, 0.2) is 0 Å². The second-order valence-electron chi connectivity index (χ2n) is 14.1. The number of aliphatic hydroxyl groups is 1. The minimum Gasteiger partial charge on any atom is -0.506 e. The molecule has 3 saturated heterocycles. The normalized spacial score (nSPS) is 18.7.